The average molecular weight is 469 g/mol. The highest BCUT2D eigenvalue weighted by Crippen LogP contribution is 2.27. The molecule has 2 rings (SSSR count). The van der Waals surface area contributed by atoms with E-state index in [4.69, 9.17) is 22.4 Å². The number of sulfonamides is 1. The number of benzene rings is 1. The summed E-state index contributed by atoms with van der Waals surface area (Å²) in [7, 11) is -2.13. The summed E-state index contributed by atoms with van der Waals surface area (Å²) in [6.07, 6.45) is 6.92. The molecule has 172 valence electrons. The molecule has 1 atom stereocenters. The molecule has 0 radical (unpaired) electrons. The van der Waals surface area contributed by atoms with Crippen molar-refractivity contribution in [2.75, 3.05) is 13.6 Å². The van der Waals surface area contributed by atoms with E-state index in [1.165, 1.54) is 25.3 Å². The second-order valence-electron chi connectivity index (χ2n) is 6.99. The van der Waals surface area contributed by atoms with Gasteiger partial charge in [0.15, 0.2) is 5.11 Å². The van der Waals surface area contributed by atoms with E-state index in [1.807, 2.05) is 26.1 Å². The highest BCUT2D eigenvalue weighted by Gasteiger charge is 2.20. The molecule has 1 heterocycles. The Hall–Kier alpha value is -2.59. The van der Waals surface area contributed by atoms with Gasteiger partial charge in [-0.1, -0.05) is 38.8 Å². The summed E-state index contributed by atoms with van der Waals surface area (Å²) in [5, 5.41) is 6.70. The van der Waals surface area contributed by atoms with Crippen molar-refractivity contribution in [3.8, 4) is 0 Å². The van der Waals surface area contributed by atoms with Crippen molar-refractivity contribution < 1.29 is 17.6 Å². The number of furan rings is 1. The van der Waals surface area contributed by atoms with Crippen LogP contribution in [0.25, 0.3) is 0 Å². The molecule has 0 aliphatic carbocycles. The number of nitrogens with two attached hydrogens (primary N) is 1. The number of urea groups is 1. The topological polar surface area (TPSA) is 126 Å². The number of rotatable bonds is 8. The zero-order chi connectivity index (χ0) is 23.4. The monoisotopic (exact) mass is 468 g/mol. The van der Waals surface area contributed by atoms with Crippen LogP contribution in [0.5, 0.6) is 0 Å². The van der Waals surface area contributed by atoms with Crippen LogP contribution in [0.2, 0.25) is 0 Å². The predicted molar refractivity (Wildman–Crippen MR) is 126 cm³/mol. The van der Waals surface area contributed by atoms with Crippen LogP contribution in [0, 0.1) is 6.92 Å². The number of hydrogen-bond donors (Lipinski definition) is 4. The van der Waals surface area contributed by atoms with Crippen molar-refractivity contribution in [2.45, 2.75) is 50.8 Å². The fourth-order valence-corrected chi connectivity index (χ4v) is 4.00. The summed E-state index contributed by atoms with van der Waals surface area (Å²) in [6.45, 7) is 6.78. The van der Waals surface area contributed by atoms with Crippen LogP contribution in [0.15, 0.2) is 46.1 Å². The lowest BCUT2D eigenvalue weighted by atomic mass is 9.95. The van der Waals surface area contributed by atoms with Crippen LogP contribution in [0.3, 0.4) is 0 Å². The Morgan fingerprint density at radius 2 is 1.94 bits per heavy atom. The fourth-order valence-electron chi connectivity index (χ4n) is 2.74. The van der Waals surface area contributed by atoms with Gasteiger partial charge in [-0.05, 0) is 54.4 Å². The molecule has 10 heteroatoms. The summed E-state index contributed by atoms with van der Waals surface area (Å²) < 4.78 is 31.0. The fraction of sp³-hybridized carbons (Fsp3) is 0.429. The summed E-state index contributed by atoms with van der Waals surface area (Å²) >= 11 is 4.88. The number of hydrogen-bond acceptors (Lipinski definition) is 5. The van der Waals surface area contributed by atoms with Gasteiger partial charge < -0.3 is 20.8 Å². The number of primary amides is 1. The molecular formula is C21H32N4O4S2. The molecule has 2 aromatic rings. The van der Waals surface area contributed by atoms with Crippen LogP contribution < -0.4 is 21.1 Å². The summed E-state index contributed by atoms with van der Waals surface area (Å²) in [4.78, 5) is 10.9. The van der Waals surface area contributed by atoms with Crippen molar-refractivity contribution >= 4 is 33.4 Å². The molecular weight excluding hydrogens is 436 g/mol. The van der Waals surface area contributed by atoms with Gasteiger partial charge in [0.25, 0.3) is 10.0 Å². The molecule has 1 unspecified atom stereocenters. The largest absolute Gasteiger partial charge is 0.472 e. The van der Waals surface area contributed by atoms with Gasteiger partial charge in [-0.25, -0.2) is 17.9 Å². The van der Waals surface area contributed by atoms with E-state index in [1.54, 1.807) is 30.2 Å². The number of thiocarbonyl (C=S) groups is 1. The summed E-state index contributed by atoms with van der Waals surface area (Å²) in [6, 6.07) is 5.79. The standard InChI is InChI=1S/C14H16N2O4S.C7H16N2S/c1-9-3-4-11(10(2)12-5-6-20-8-12)7-13(9)21(18,19)16-14(15)17;1-3-4-5-6-9-7(10)8-2/h3-8,10H,1-2H3,(H3,15,16,17);3-6H2,1-2H3,(H2,8,9,10). The Labute approximate surface area is 190 Å². The van der Waals surface area contributed by atoms with E-state index < -0.39 is 16.1 Å². The van der Waals surface area contributed by atoms with Gasteiger partial charge >= 0.3 is 6.03 Å². The number of unbranched alkanes of at least 4 members (excludes halogenated alkanes) is 2. The number of carbonyl (C=O) groups excluding carboxylic acids is 1. The van der Waals surface area contributed by atoms with E-state index in [2.05, 4.69) is 17.6 Å². The lowest BCUT2D eigenvalue weighted by Gasteiger charge is -2.14. The summed E-state index contributed by atoms with van der Waals surface area (Å²) in [5.41, 5.74) is 7.17. The third kappa shape index (κ3) is 8.97. The Kier molecular flexibility index (Phi) is 11.1. The van der Waals surface area contributed by atoms with E-state index >= 15 is 0 Å². The SMILES string of the molecule is CCCCCNC(=S)NC.Cc1ccc(C(C)c2ccoc2)cc1S(=O)(=O)NC(N)=O. The highest BCUT2D eigenvalue weighted by atomic mass is 32.2. The van der Waals surface area contributed by atoms with Gasteiger partial charge in [-0.3, -0.25) is 0 Å². The molecule has 0 fully saturated rings. The molecule has 1 aromatic carbocycles. The first-order valence-electron chi connectivity index (χ1n) is 10.0. The van der Waals surface area contributed by atoms with Crippen molar-refractivity contribution in [1.29, 1.82) is 0 Å². The number of amides is 2. The molecule has 0 aliphatic heterocycles. The number of aryl methyl sites for hydroxylation is 1. The third-order valence-electron chi connectivity index (χ3n) is 4.57. The molecule has 8 nitrogen and oxygen atoms in total. The molecule has 0 saturated carbocycles. The van der Waals surface area contributed by atoms with Gasteiger partial charge in [-0.15, -0.1) is 0 Å². The molecule has 31 heavy (non-hydrogen) atoms. The maximum Gasteiger partial charge on any atom is 0.326 e. The minimum absolute atomic E-state index is 0.0353. The van der Waals surface area contributed by atoms with E-state index in [0.29, 0.717) is 5.56 Å². The Morgan fingerprint density at radius 3 is 2.48 bits per heavy atom. The maximum absolute atomic E-state index is 12.1. The maximum atomic E-state index is 12.1. The Balaban J connectivity index is 0.000000407. The van der Waals surface area contributed by atoms with Gasteiger partial charge in [-0.2, -0.15) is 0 Å². The molecule has 1 aromatic heterocycles. The minimum Gasteiger partial charge on any atom is -0.472 e. The Morgan fingerprint density at radius 1 is 1.23 bits per heavy atom. The Bertz CT molecular complexity index is 944. The zero-order valence-corrected chi connectivity index (χ0v) is 20.0. The lowest BCUT2D eigenvalue weighted by molar-refractivity contribution is 0.253. The van der Waals surface area contributed by atoms with Gasteiger partial charge in [0.05, 0.1) is 17.4 Å². The third-order valence-corrected chi connectivity index (χ3v) is 6.41. The van der Waals surface area contributed by atoms with E-state index in [0.717, 1.165) is 22.8 Å². The van der Waals surface area contributed by atoms with Crippen LogP contribution in [0.4, 0.5) is 4.79 Å². The second-order valence-corrected chi connectivity index (χ2v) is 9.05. The van der Waals surface area contributed by atoms with E-state index in [9.17, 15) is 13.2 Å². The predicted octanol–water partition coefficient (Wildman–Crippen LogP) is 3.37. The van der Waals surface area contributed by atoms with Gasteiger partial charge in [0.2, 0.25) is 0 Å². The first kappa shape index (κ1) is 26.4. The zero-order valence-electron chi connectivity index (χ0n) is 18.4. The molecule has 0 bridgehead atoms. The molecule has 2 amide bonds. The minimum atomic E-state index is -3.96. The van der Waals surface area contributed by atoms with Crippen molar-refractivity contribution in [3.05, 3.63) is 53.5 Å². The van der Waals surface area contributed by atoms with Crippen LogP contribution >= 0.6 is 12.2 Å². The first-order chi connectivity index (χ1) is 14.6. The summed E-state index contributed by atoms with van der Waals surface area (Å²) in [5.74, 6) is -0.0353. The smallest absolute Gasteiger partial charge is 0.326 e. The second kappa shape index (κ2) is 13.0. The van der Waals surface area contributed by atoms with Gasteiger partial charge in [0.1, 0.15) is 0 Å². The first-order valence-corrected chi connectivity index (χ1v) is 11.9. The quantitative estimate of drug-likeness (QED) is 0.346. The van der Waals surface area contributed by atoms with Crippen LogP contribution in [-0.2, 0) is 10.0 Å². The highest BCUT2D eigenvalue weighted by molar-refractivity contribution is 7.90. The van der Waals surface area contributed by atoms with Crippen LogP contribution in [-0.4, -0.2) is 33.2 Å². The normalized spacial score (nSPS) is 11.6. The average Bonchev–Trinajstić information content (AvgIpc) is 3.25. The van der Waals surface area contributed by atoms with Crippen LogP contribution in [0.1, 0.15) is 55.7 Å². The molecule has 0 saturated heterocycles. The molecule has 5 N–H and O–H groups in total. The van der Waals surface area contributed by atoms with Crippen molar-refractivity contribution in [2.24, 2.45) is 5.73 Å². The molecule has 0 aliphatic rings. The van der Waals surface area contributed by atoms with Crippen molar-refractivity contribution in [3.63, 3.8) is 0 Å². The van der Waals surface area contributed by atoms with Gasteiger partial charge in [0, 0.05) is 19.5 Å². The molecule has 0 spiro atoms. The lowest BCUT2D eigenvalue weighted by Crippen LogP contribution is -2.35. The van der Waals surface area contributed by atoms with E-state index in [-0.39, 0.29) is 10.8 Å². The number of nitrogens with one attached hydrogen (secondary N) is 3. The van der Waals surface area contributed by atoms with Crippen molar-refractivity contribution in [1.82, 2.24) is 15.4 Å². The number of carbonyl (C=O) groups is 1.